The summed E-state index contributed by atoms with van der Waals surface area (Å²) in [7, 11) is 0. The molecule has 5 heterocycles. The molecule has 4 aromatic rings. The van der Waals surface area contributed by atoms with E-state index in [1.54, 1.807) is 20.8 Å². The Labute approximate surface area is 266 Å². The van der Waals surface area contributed by atoms with Gasteiger partial charge in [0.2, 0.25) is 17.7 Å². The first-order chi connectivity index (χ1) is 22.0. The van der Waals surface area contributed by atoms with Gasteiger partial charge in [0.15, 0.2) is 29.2 Å². The monoisotopic (exact) mass is 621 g/mol. The van der Waals surface area contributed by atoms with Gasteiger partial charge >= 0.3 is 0 Å². The van der Waals surface area contributed by atoms with Crippen molar-refractivity contribution in [2.24, 2.45) is 17.8 Å². The van der Waals surface area contributed by atoms with E-state index in [1.807, 2.05) is 56.3 Å². The lowest BCUT2D eigenvalue weighted by atomic mass is 9.72. The number of Topliss-reactive ketones (excluding diaryl/α,β-unsaturated/α-hetero) is 1. The van der Waals surface area contributed by atoms with E-state index in [-0.39, 0.29) is 53.8 Å². The molecule has 46 heavy (non-hydrogen) atoms. The number of nitrogens with one attached hydrogen (secondary N) is 2. The predicted molar refractivity (Wildman–Crippen MR) is 166 cm³/mol. The molecule has 0 saturated heterocycles. The molecule has 2 aromatic carbocycles. The van der Waals surface area contributed by atoms with Crippen LogP contribution < -0.4 is 15.4 Å². The number of ether oxygens (including phenoxy) is 1. The minimum atomic E-state index is -1.17. The van der Waals surface area contributed by atoms with Crippen molar-refractivity contribution in [3.63, 3.8) is 0 Å². The summed E-state index contributed by atoms with van der Waals surface area (Å²) >= 11 is 0. The van der Waals surface area contributed by atoms with Crippen LogP contribution in [-0.4, -0.2) is 39.1 Å². The lowest BCUT2D eigenvalue weighted by Crippen LogP contribution is -2.41. The highest BCUT2D eigenvalue weighted by Crippen LogP contribution is 2.59. The lowest BCUT2D eigenvalue weighted by molar-refractivity contribution is -0.135. The van der Waals surface area contributed by atoms with Crippen molar-refractivity contribution in [3.05, 3.63) is 82.3 Å². The van der Waals surface area contributed by atoms with Crippen LogP contribution in [0.25, 0.3) is 11.6 Å². The van der Waals surface area contributed by atoms with Gasteiger partial charge in [0.25, 0.3) is 0 Å². The Bertz CT molecular complexity index is 1920. The van der Waals surface area contributed by atoms with Crippen molar-refractivity contribution in [3.8, 4) is 23.4 Å². The molecule has 2 unspecified atom stereocenters. The van der Waals surface area contributed by atoms with E-state index in [9.17, 15) is 20.0 Å². The third kappa shape index (κ3) is 4.42. The van der Waals surface area contributed by atoms with Crippen LogP contribution in [0.4, 0.5) is 5.69 Å². The van der Waals surface area contributed by atoms with E-state index in [1.165, 1.54) is 0 Å². The number of hydrogen-bond acceptors (Lipinski definition) is 10. The average Bonchev–Trinajstić information content (AvgIpc) is 3.77. The highest BCUT2D eigenvalue weighted by molar-refractivity contribution is 5.89. The maximum absolute atomic E-state index is 14.0. The summed E-state index contributed by atoms with van der Waals surface area (Å²) < 4.78 is 19.4. The molecule has 3 N–H and O–H groups in total. The van der Waals surface area contributed by atoms with Gasteiger partial charge in [0.05, 0.1) is 0 Å². The van der Waals surface area contributed by atoms with Crippen LogP contribution in [0.3, 0.4) is 0 Å². The van der Waals surface area contributed by atoms with E-state index in [4.69, 9.17) is 18.6 Å². The molecule has 0 aliphatic carbocycles. The summed E-state index contributed by atoms with van der Waals surface area (Å²) in [6, 6.07) is 15.0. The van der Waals surface area contributed by atoms with Crippen LogP contribution in [0, 0.1) is 36.0 Å². The standard InChI is InChI=1S/C35H35N5O6/c1-16(2)27-32-40-28(33-37-24(15-36)18(5)44-33)30(46-32)35-21-8-6-7-9-23(21)38-34(35)45-26-11-10-19(13-22(26)35)12-20(31(43)39-27)14-25(41)29(42)17(3)4/h6-11,13,16-17,20,27,29,34,38,42H,12,14H2,1-5H3,(H,39,43)/t20?,27-,29-,34-,35?/m0/s1. The SMILES string of the molecule is Cc1oc(-c2nc3oc2C24c5ccccc5N[C@H]2Oc2ccc(cc24)CC(CC(=O)[C@@H](O)C(C)C)C(=O)N[C@H]3C(C)C)nc1C#N. The number of anilines is 1. The Morgan fingerprint density at radius 1 is 1.11 bits per heavy atom. The molecule has 4 bridgehead atoms. The fourth-order valence-electron chi connectivity index (χ4n) is 6.90. The number of carbonyl (C=O) groups is 2. The fourth-order valence-corrected chi connectivity index (χ4v) is 6.90. The molecule has 0 saturated carbocycles. The molecule has 5 atom stereocenters. The molecule has 7 rings (SSSR count). The highest BCUT2D eigenvalue weighted by Gasteiger charge is 2.61. The summed E-state index contributed by atoms with van der Waals surface area (Å²) in [5, 5.41) is 26.9. The van der Waals surface area contributed by atoms with Crippen molar-refractivity contribution in [1.82, 2.24) is 15.3 Å². The number of hydrogen-bond donors (Lipinski definition) is 3. The summed E-state index contributed by atoms with van der Waals surface area (Å²) in [5.41, 5.74) is 2.78. The number of oxazole rings is 2. The summed E-state index contributed by atoms with van der Waals surface area (Å²) in [4.78, 5) is 36.6. The number of benzene rings is 2. The third-order valence-corrected chi connectivity index (χ3v) is 9.34. The zero-order valence-corrected chi connectivity index (χ0v) is 26.2. The molecule has 11 heteroatoms. The largest absolute Gasteiger partial charge is 0.469 e. The van der Waals surface area contributed by atoms with Gasteiger partial charge in [0.1, 0.15) is 35.1 Å². The van der Waals surface area contributed by atoms with Gasteiger partial charge in [-0.2, -0.15) is 10.2 Å². The second-order valence-corrected chi connectivity index (χ2v) is 13.1. The lowest BCUT2D eigenvalue weighted by Gasteiger charge is -2.28. The predicted octanol–water partition coefficient (Wildman–Crippen LogP) is 4.95. The van der Waals surface area contributed by atoms with Crippen LogP contribution >= 0.6 is 0 Å². The summed E-state index contributed by atoms with van der Waals surface area (Å²) in [6.07, 6.45) is -1.65. The quantitative estimate of drug-likeness (QED) is 0.268. The molecule has 1 spiro atoms. The minimum Gasteiger partial charge on any atom is -0.469 e. The number of aryl methyl sites for hydroxylation is 1. The van der Waals surface area contributed by atoms with Crippen molar-refractivity contribution < 1.29 is 28.3 Å². The van der Waals surface area contributed by atoms with Crippen LogP contribution in [-0.2, 0) is 21.4 Å². The zero-order valence-electron chi connectivity index (χ0n) is 26.2. The van der Waals surface area contributed by atoms with E-state index in [2.05, 4.69) is 21.7 Å². The normalized spacial score (nSPS) is 23.4. The Kier molecular flexibility index (Phi) is 7.01. The van der Waals surface area contributed by atoms with Gasteiger partial charge in [-0.3, -0.25) is 9.59 Å². The number of aromatic nitrogens is 2. The van der Waals surface area contributed by atoms with E-state index >= 15 is 0 Å². The number of nitriles is 1. The molecule has 0 radical (unpaired) electrons. The molecular weight excluding hydrogens is 586 g/mol. The van der Waals surface area contributed by atoms with Gasteiger partial charge in [-0.15, -0.1) is 0 Å². The van der Waals surface area contributed by atoms with Gasteiger partial charge in [-0.25, -0.2) is 4.98 Å². The molecule has 0 fully saturated rings. The number of aliphatic hydroxyl groups is 1. The Morgan fingerprint density at radius 3 is 2.61 bits per heavy atom. The van der Waals surface area contributed by atoms with E-state index in [0.717, 1.165) is 22.4 Å². The van der Waals surface area contributed by atoms with Crippen LogP contribution in [0.5, 0.6) is 5.75 Å². The van der Waals surface area contributed by atoms with Gasteiger partial charge in [-0.1, -0.05) is 58.0 Å². The average molecular weight is 622 g/mol. The second-order valence-electron chi connectivity index (χ2n) is 13.1. The smallest absolute Gasteiger partial charge is 0.250 e. The van der Waals surface area contributed by atoms with Gasteiger partial charge < -0.3 is 29.3 Å². The van der Waals surface area contributed by atoms with Gasteiger partial charge in [-0.05, 0) is 48.4 Å². The Hall–Kier alpha value is -4.95. The van der Waals surface area contributed by atoms with E-state index < -0.39 is 29.7 Å². The minimum absolute atomic E-state index is 0.121. The molecular formula is C35H35N5O6. The fraction of sp³-hybridized carbons (Fsp3) is 0.400. The van der Waals surface area contributed by atoms with Crippen LogP contribution in [0.1, 0.15) is 80.0 Å². The van der Waals surface area contributed by atoms with Crippen LogP contribution in [0.15, 0.2) is 51.3 Å². The third-order valence-electron chi connectivity index (χ3n) is 9.34. The van der Waals surface area contributed by atoms with E-state index in [0.29, 0.717) is 23.0 Å². The molecule has 236 valence electrons. The number of rotatable bonds is 6. The first-order valence-corrected chi connectivity index (χ1v) is 15.6. The number of carbonyl (C=O) groups excluding carboxylic acids is 2. The first kappa shape index (κ1) is 29.7. The van der Waals surface area contributed by atoms with Crippen molar-refractivity contribution in [2.75, 3.05) is 5.32 Å². The van der Waals surface area contributed by atoms with Crippen molar-refractivity contribution in [2.45, 2.75) is 71.2 Å². The maximum atomic E-state index is 14.0. The van der Waals surface area contributed by atoms with Crippen molar-refractivity contribution >= 4 is 17.4 Å². The molecule has 11 nitrogen and oxygen atoms in total. The zero-order chi connectivity index (χ0) is 32.5. The number of ketones is 1. The Balaban J connectivity index is 1.49. The Morgan fingerprint density at radius 2 is 1.89 bits per heavy atom. The first-order valence-electron chi connectivity index (χ1n) is 15.6. The second kappa shape index (κ2) is 10.8. The molecule has 1 amide bonds. The molecule has 3 aliphatic rings. The number of para-hydroxylation sites is 1. The summed E-state index contributed by atoms with van der Waals surface area (Å²) in [6.45, 7) is 9.10. The van der Waals surface area contributed by atoms with Crippen molar-refractivity contribution in [1.29, 1.82) is 5.26 Å². The van der Waals surface area contributed by atoms with Crippen LogP contribution in [0.2, 0.25) is 0 Å². The maximum Gasteiger partial charge on any atom is 0.250 e. The number of amides is 1. The van der Waals surface area contributed by atoms with Gasteiger partial charge in [0, 0.05) is 23.6 Å². The molecule has 2 aromatic heterocycles. The number of fused-ring (bicyclic) bond motifs is 4. The topological polar surface area (TPSA) is 164 Å². The number of aliphatic hydroxyl groups excluding tert-OH is 1. The number of nitrogens with zero attached hydrogens (tertiary/aromatic N) is 3. The summed E-state index contributed by atoms with van der Waals surface area (Å²) in [5.74, 6) is -0.186. The highest BCUT2D eigenvalue weighted by atomic mass is 16.5. The molecule has 3 aliphatic heterocycles.